The summed E-state index contributed by atoms with van der Waals surface area (Å²) in [6.07, 6.45) is 0.716. The average molecular weight is 583 g/mol. The minimum atomic E-state index is -1.35. The number of phenols is 1. The summed E-state index contributed by atoms with van der Waals surface area (Å²) in [6, 6.07) is 3.92. The highest BCUT2D eigenvalue weighted by Gasteiger charge is 2.34. The lowest BCUT2D eigenvalue weighted by Crippen LogP contribution is -2.39. The summed E-state index contributed by atoms with van der Waals surface area (Å²) in [6.45, 7) is 24.7. The Morgan fingerprint density at radius 2 is 1.02 bits per heavy atom. The highest BCUT2D eigenvalue weighted by atomic mass is 17.3. The molecule has 1 aromatic rings. The van der Waals surface area contributed by atoms with Crippen molar-refractivity contribution in [2.24, 2.45) is 0 Å². The van der Waals surface area contributed by atoms with Crippen LogP contribution in [-0.2, 0) is 55.9 Å². The number of hydrogen-bond acceptors (Lipinski definition) is 9. The molecule has 0 fully saturated rings. The predicted octanol–water partition coefficient (Wildman–Crippen LogP) is 7.00. The quantitative estimate of drug-likeness (QED) is 0.0864. The number of hydrogen-bond donors (Lipinski definition) is 1. The first kappa shape index (κ1) is 36.8. The number of aromatic hydroxyl groups is 1. The van der Waals surface area contributed by atoms with Crippen molar-refractivity contribution in [2.45, 2.75) is 144 Å². The third-order valence-electron chi connectivity index (χ3n) is 5.73. The van der Waals surface area contributed by atoms with E-state index in [-0.39, 0.29) is 43.3 Å². The molecule has 9 heteroatoms. The lowest BCUT2D eigenvalue weighted by Gasteiger charge is -2.32. The van der Waals surface area contributed by atoms with E-state index >= 15 is 0 Å². The van der Waals surface area contributed by atoms with Crippen molar-refractivity contribution in [3.63, 3.8) is 0 Å². The molecule has 0 saturated carbocycles. The van der Waals surface area contributed by atoms with E-state index in [1.165, 1.54) is 0 Å². The second-order valence-electron chi connectivity index (χ2n) is 14.7. The number of carbonyl (C=O) groups excluding carboxylic acids is 2. The minimum absolute atomic E-state index is 0.0292. The van der Waals surface area contributed by atoms with E-state index in [0.717, 1.165) is 16.7 Å². The van der Waals surface area contributed by atoms with Crippen molar-refractivity contribution in [3.8, 4) is 5.75 Å². The van der Waals surface area contributed by atoms with Crippen LogP contribution in [0.5, 0.6) is 5.75 Å². The molecule has 0 amide bonds. The molecule has 9 nitrogen and oxygen atoms in total. The molecular formula is C32H54O9. The van der Waals surface area contributed by atoms with Crippen molar-refractivity contribution in [2.75, 3.05) is 13.2 Å². The molecule has 1 aromatic carbocycles. The van der Waals surface area contributed by atoms with Crippen molar-refractivity contribution in [1.82, 2.24) is 0 Å². The maximum absolute atomic E-state index is 12.4. The first-order chi connectivity index (χ1) is 18.4. The van der Waals surface area contributed by atoms with Gasteiger partial charge in [0.25, 0.3) is 0 Å². The van der Waals surface area contributed by atoms with E-state index in [2.05, 4.69) is 0 Å². The van der Waals surface area contributed by atoms with Crippen molar-refractivity contribution in [3.05, 3.63) is 28.8 Å². The summed E-state index contributed by atoms with van der Waals surface area (Å²) in [5, 5.41) is 10.9. The van der Waals surface area contributed by atoms with Gasteiger partial charge in [-0.1, -0.05) is 53.7 Å². The van der Waals surface area contributed by atoms with Crippen molar-refractivity contribution in [1.29, 1.82) is 0 Å². The van der Waals surface area contributed by atoms with Gasteiger partial charge in [-0.3, -0.25) is 9.59 Å². The van der Waals surface area contributed by atoms with Gasteiger partial charge in [0, 0.05) is 12.8 Å². The fourth-order valence-electron chi connectivity index (χ4n) is 3.54. The van der Waals surface area contributed by atoms with Gasteiger partial charge >= 0.3 is 11.9 Å². The zero-order valence-electron chi connectivity index (χ0n) is 27.6. The van der Waals surface area contributed by atoms with Gasteiger partial charge in [-0.25, -0.2) is 9.78 Å². The van der Waals surface area contributed by atoms with Crippen molar-refractivity contribution >= 4 is 11.9 Å². The molecule has 0 heterocycles. The summed E-state index contributed by atoms with van der Waals surface area (Å²) < 4.78 is 10.5. The third-order valence-corrected chi connectivity index (χ3v) is 5.73. The summed E-state index contributed by atoms with van der Waals surface area (Å²) in [5.74, 6) is -1.93. The molecular weight excluding hydrogens is 528 g/mol. The molecule has 0 aliphatic heterocycles. The van der Waals surface area contributed by atoms with Gasteiger partial charge in [0.15, 0.2) is 0 Å². The van der Waals surface area contributed by atoms with Gasteiger partial charge in [-0.15, -0.1) is 0 Å². The second kappa shape index (κ2) is 14.3. The van der Waals surface area contributed by atoms with Gasteiger partial charge in [0.2, 0.25) is 5.79 Å². The van der Waals surface area contributed by atoms with Crippen molar-refractivity contribution < 1.29 is 43.7 Å². The Hall–Kier alpha value is -2.20. The van der Waals surface area contributed by atoms with Crippen LogP contribution in [0.4, 0.5) is 0 Å². The summed E-state index contributed by atoms with van der Waals surface area (Å²) in [7, 11) is 0. The van der Waals surface area contributed by atoms with E-state index in [4.69, 9.17) is 29.0 Å². The zero-order valence-corrected chi connectivity index (χ0v) is 27.6. The fraction of sp³-hybridized carbons (Fsp3) is 0.750. The highest BCUT2D eigenvalue weighted by Crippen LogP contribution is 2.40. The van der Waals surface area contributed by atoms with Crippen LogP contribution in [-0.4, -0.2) is 47.2 Å². The Kier molecular flexibility index (Phi) is 12.9. The van der Waals surface area contributed by atoms with Crippen LogP contribution in [0.15, 0.2) is 12.1 Å². The van der Waals surface area contributed by atoms with E-state index in [1.807, 2.05) is 95.2 Å². The molecule has 0 unspecified atom stereocenters. The van der Waals surface area contributed by atoms with Gasteiger partial charge in [0.1, 0.15) is 19.0 Å². The monoisotopic (exact) mass is 582 g/mol. The Balaban J connectivity index is 2.60. The number of phenolic OH excluding ortho intramolecular Hbond substituents is 1. The first-order valence-electron chi connectivity index (χ1n) is 14.3. The lowest BCUT2D eigenvalue weighted by molar-refractivity contribution is -0.537. The van der Waals surface area contributed by atoms with Crippen LogP contribution in [0.2, 0.25) is 0 Å². The molecule has 236 valence electrons. The topological polar surface area (TPSA) is 110 Å². The molecule has 0 saturated heterocycles. The number of rotatable bonds is 13. The molecule has 0 spiro atoms. The molecule has 0 bridgehead atoms. The Labute approximate surface area is 247 Å². The molecule has 0 radical (unpaired) electrons. The number of carbonyl (C=O) groups is 2. The summed E-state index contributed by atoms with van der Waals surface area (Å²) in [5.41, 5.74) is 0.966. The van der Waals surface area contributed by atoms with E-state index < -0.39 is 28.9 Å². The standard InChI is InChI=1S/C32H54O9/c1-28(2,3)23-20-22(21-24(27(23)35)29(4,5)6)14-15-25(33)36-18-19-37-26(34)16-17-32(13,40-38-30(7,8)9)41-39-31(10,11)12/h20-21,35H,14-19H2,1-13H3. The summed E-state index contributed by atoms with van der Waals surface area (Å²) in [4.78, 5) is 46.5. The smallest absolute Gasteiger partial charge is 0.306 e. The zero-order chi connectivity index (χ0) is 31.9. The molecule has 0 aliphatic carbocycles. The number of esters is 2. The predicted molar refractivity (Wildman–Crippen MR) is 157 cm³/mol. The van der Waals surface area contributed by atoms with Crippen LogP contribution < -0.4 is 0 Å². The van der Waals surface area contributed by atoms with Crippen LogP contribution in [0, 0.1) is 0 Å². The molecule has 41 heavy (non-hydrogen) atoms. The highest BCUT2D eigenvalue weighted by molar-refractivity contribution is 5.70. The molecule has 0 aliphatic rings. The SMILES string of the molecule is CC(C)(C)OOC(C)(CCC(=O)OCCOC(=O)CCc1cc(C(C)(C)C)c(O)c(C(C)(C)C)c1)OOC(C)(C)C. The number of benzene rings is 1. The second-order valence-corrected chi connectivity index (χ2v) is 14.7. The van der Waals surface area contributed by atoms with Gasteiger partial charge in [-0.05, 0) is 82.4 Å². The Bertz CT molecular complexity index is 949. The number of ether oxygens (including phenoxy) is 2. The summed E-state index contributed by atoms with van der Waals surface area (Å²) >= 11 is 0. The average Bonchev–Trinajstić information content (AvgIpc) is 2.80. The van der Waals surface area contributed by atoms with E-state index in [1.54, 1.807) is 6.92 Å². The van der Waals surface area contributed by atoms with Gasteiger partial charge in [-0.2, -0.15) is 9.78 Å². The van der Waals surface area contributed by atoms with Crippen LogP contribution in [0.25, 0.3) is 0 Å². The Morgan fingerprint density at radius 1 is 0.634 bits per heavy atom. The van der Waals surface area contributed by atoms with Crippen LogP contribution in [0.3, 0.4) is 0 Å². The first-order valence-corrected chi connectivity index (χ1v) is 14.3. The van der Waals surface area contributed by atoms with Gasteiger partial charge in [0.05, 0.1) is 17.6 Å². The molecule has 1 rings (SSSR count). The number of aryl methyl sites for hydroxylation is 1. The maximum atomic E-state index is 12.4. The fourth-order valence-corrected chi connectivity index (χ4v) is 3.54. The normalized spacial score (nSPS) is 13.3. The third kappa shape index (κ3) is 14.5. The largest absolute Gasteiger partial charge is 0.507 e. The van der Waals surface area contributed by atoms with Gasteiger partial charge < -0.3 is 14.6 Å². The molecule has 0 atom stereocenters. The minimum Gasteiger partial charge on any atom is -0.507 e. The lowest BCUT2D eigenvalue weighted by atomic mass is 9.78. The maximum Gasteiger partial charge on any atom is 0.306 e. The van der Waals surface area contributed by atoms with Crippen LogP contribution in [0.1, 0.15) is 126 Å². The van der Waals surface area contributed by atoms with E-state index in [9.17, 15) is 14.7 Å². The van der Waals surface area contributed by atoms with E-state index in [0.29, 0.717) is 12.2 Å². The molecule has 0 aromatic heterocycles. The Morgan fingerprint density at radius 3 is 1.39 bits per heavy atom. The molecule has 1 N–H and O–H groups in total. The van der Waals surface area contributed by atoms with Crippen LogP contribution >= 0.6 is 0 Å².